The van der Waals surface area contributed by atoms with Gasteiger partial charge in [-0.1, -0.05) is 62.9 Å². The zero-order valence-electron chi connectivity index (χ0n) is 22.4. The number of aromatic nitrogens is 1. The molecule has 1 aromatic heterocycles. The smallest absolute Gasteiger partial charge is 0.325 e. The molecule has 3 rings (SSSR count). The summed E-state index contributed by atoms with van der Waals surface area (Å²) in [5.74, 6) is -0.539. The number of esters is 1. The molecular formula is C29H42N4O4. The summed E-state index contributed by atoms with van der Waals surface area (Å²) in [4.78, 5) is 41.9. The molecule has 1 fully saturated rings. The van der Waals surface area contributed by atoms with Crippen molar-refractivity contribution in [2.45, 2.75) is 77.9 Å². The highest BCUT2D eigenvalue weighted by molar-refractivity contribution is 5.86. The third kappa shape index (κ3) is 8.95. The van der Waals surface area contributed by atoms with Gasteiger partial charge in [0.25, 0.3) is 0 Å². The Labute approximate surface area is 221 Å². The molecule has 0 radical (unpaired) electrons. The topological polar surface area (TPSA) is 83.9 Å². The number of benzene rings is 1. The number of hydrogen-bond donors (Lipinski definition) is 1. The molecule has 8 heteroatoms. The third-order valence-corrected chi connectivity index (χ3v) is 6.87. The molecule has 1 aliphatic carbocycles. The van der Waals surface area contributed by atoms with Gasteiger partial charge in [-0.25, -0.2) is 4.79 Å². The van der Waals surface area contributed by atoms with Crippen LogP contribution in [0.15, 0.2) is 48.7 Å². The molecule has 1 aliphatic rings. The van der Waals surface area contributed by atoms with Crippen molar-refractivity contribution >= 4 is 17.9 Å². The molecule has 0 spiro atoms. The van der Waals surface area contributed by atoms with Gasteiger partial charge in [0.1, 0.15) is 13.1 Å². The van der Waals surface area contributed by atoms with Crippen LogP contribution >= 0.6 is 0 Å². The highest BCUT2D eigenvalue weighted by Crippen LogP contribution is 2.25. The molecule has 202 valence electrons. The molecule has 0 bridgehead atoms. The molecule has 2 aromatic rings. The minimum absolute atomic E-state index is 0.00937. The van der Waals surface area contributed by atoms with E-state index in [9.17, 15) is 14.4 Å². The normalized spacial score (nSPS) is 13.7. The number of unbranched alkanes of at least 4 members (excludes halogenated alkanes) is 1. The van der Waals surface area contributed by atoms with Gasteiger partial charge in [-0.15, -0.1) is 0 Å². The lowest BCUT2D eigenvalue weighted by Gasteiger charge is -2.36. The molecule has 1 N–H and O–H groups in total. The molecule has 1 saturated carbocycles. The summed E-state index contributed by atoms with van der Waals surface area (Å²) in [7, 11) is 0. The largest absolute Gasteiger partial charge is 0.465 e. The highest BCUT2D eigenvalue weighted by Gasteiger charge is 2.29. The van der Waals surface area contributed by atoms with Crippen LogP contribution in [-0.4, -0.2) is 64.6 Å². The SMILES string of the molecule is CCCCN(CC(=O)N(Cc1cccn1Cc1ccccc1)C1CCCCC1)C(=O)NCC(=O)OCC. The second-order valence-electron chi connectivity index (χ2n) is 9.67. The summed E-state index contributed by atoms with van der Waals surface area (Å²) < 4.78 is 7.11. The van der Waals surface area contributed by atoms with Gasteiger partial charge in [0.05, 0.1) is 13.2 Å². The summed E-state index contributed by atoms with van der Waals surface area (Å²) in [6.07, 6.45) is 9.12. The minimum atomic E-state index is -0.486. The fourth-order valence-electron chi connectivity index (χ4n) is 4.84. The van der Waals surface area contributed by atoms with Crippen LogP contribution < -0.4 is 5.32 Å². The number of carbonyl (C=O) groups excluding carboxylic acids is 3. The van der Waals surface area contributed by atoms with E-state index in [1.54, 1.807) is 6.92 Å². The van der Waals surface area contributed by atoms with E-state index in [1.165, 1.54) is 16.9 Å². The number of ether oxygens (including phenoxy) is 1. The summed E-state index contributed by atoms with van der Waals surface area (Å²) >= 11 is 0. The van der Waals surface area contributed by atoms with Gasteiger partial charge in [-0.3, -0.25) is 9.59 Å². The maximum absolute atomic E-state index is 13.8. The first-order valence-electron chi connectivity index (χ1n) is 13.7. The van der Waals surface area contributed by atoms with Crippen LogP contribution in [0.3, 0.4) is 0 Å². The Hall–Kier alpha value is -3.29. The average molecular weight is 511 g/mol. The second-order valence-corrected chi connectivity index (χ2v) is 9.67. The van der Waals surface area contributed by atoms with Crippen LogP contribution in [0.4, 0.5) is 4.79 Å². The molecule has 1 heterocycles. The van der Waals surface area contributed by atoms with Crippen LogP contribution in [0.2, 0.25) is 0 Å². The number of nitrogens with zero attached hydrogens (tertiary/aromatic N) is 3. The zero-order valence-corrected chi connectivity index (χ0v) is 22.4. The van der Waals surface area contributed by atoms with Gasteiger partial charge < -0.3 is 24.4 Å². The van der Waals surface area contributed by atoms with E-state index in [2.05, 4.69) is 34.3 Å². The Morgan fingerprint density at radius 2 is 1.78 bits per heavy atom. The van der Waals surface area contributed by atoms with Crippen LogP contribution in [0, 0.1) is 0 Å². The first-order chi connectivity index (χ1) is 18.0. The van der Waals surface area contributed by atoms with Crippen molar-refractivity contribution < 1.29 is 19.1 Å². The van der Waals surface area contributed by atoms with E-state index in [-0.39, 0.29) is 31.6 Å². The number of amides is 3. The number of nitrogens with one attached hydrogen (secondary N) is 1. The van der Waals surface area contributed by atoms with Crippen molar-refractivity contribution in [1.29, 1.82) is 0 Å². The Morgan fingerprint density at radius 1 is 1.03 bits per heavy atom. The van der Waals surface area contributed by atoms with Crippen molar-refractivity contribution in [2.24, 2.45) is 0 Å². The van der Waals surface area contributed by atoms with Crippen LogP contribution in [0.25, 0.3) is 0 Å². The standard InChI is InChI=1S/C29H42N4O4/c1-3-5-18-32(29(36)30-20-28(35)37-4-2)23-27(34)33(25-15-10-7-11-16-25)22-26-17-12-19-31(26)21-24-13-8-6-9-14-24/h6,8-9,12-14,17,19,25H,3-5,7,10-11,15-16,18,20-23H2,1-2H3,(H,30,36). The molecule has 37 heavy (non-hydrogen) atoms. The van der Waals surface area contributed by atoms with E-state index in [1.807, 2.05) is 36.1 Å². The average Bonchev–Trinajstić information content (AvgIpc) is 3.35. The van der Waals surface area contributed by atoms with Gasteiger partial charge >= 0.3 is 12.0 Å². The molecule has 0 saturated heterocycles. The van der Waals surface area contributed by atoms with Crippen molar-refractivity contribution in [3.05, 3.63) is 59.9 Å². The third-order valence-electron chi connectivity index (χ3n) is 6.87. The summed E-state index contributed by atoms with van der Waals surface area (Å²) in [6.45, 7) is 5.53. The lowest BCUT2D eigenvalue weighted by atomic mass is 9.94. The van der Waals surface area contributed by atoms with Gasteiger partial charge in [0.15, 0.2) is 0 Å². The van der Waals surface area contributed by atoms with Crippen LogP contribution in [-0.2, 0) is 27.4 Å². The quantitative estimate of drug-likeness (QED) is 0.400. The number of rotatable bonds is 13. The number of urea groups is 1. The van der Waals surface area contributed by atoms with E-state index < -0.39 is 12.0 Å². The van der Waals surface area contributed by atoms with Gasteiger partial charge in [0.2, 0.25) is 5.91 Å². The first kappa shape index (κ1) is 28.3. The van der Waals surface area contributed by atoms with Crippen molar-refractivity contribution in [3.63, 3.8) is 0 Å². The maximum atomic E-state index is 13.8. The second kappa shape index (κ2) is 15.1. The molecule has 1 aromatic carbocycles. The Balaban J connectivity index is 1.73. The summed E-state index contributed by atoms with van der Waals surface area (Å²) in [5, 5.41) is 2.62. The van der Waals surface area contributed by atoms with E-state index in [0.717, 1.165) is 50.8 Å². The molecule has 8 nitrogen and oxygen atoms in total. The van der Waals surface area contributed by atoms with Crippen molar-refractivity contribution in [2.75, 3.05) is 26.2 Å². The lowest BCUT2D eigenvalue weighted by Crippen LogP contribution is -2.50. The molecule has 0 aliphatic heterocycles. The fraction of sp³-hybridized carbons (Fsp3) is 0.552. The van der Waals surface area contributed by atoms with Gasteiger partial charge in [0, 0.05) is 31.0 Å². The highest BCUT2D eigenvalue weighted by atomic mass is 16.5. The Kier molecular flexibility index (Phi) is 11.5. The maximum Gasteiger partial charge on any atom is 0.325 e. The van der Waals surface area contributed by atoms with Gasteiger partial charge in [-0.05, 0) is 43.9 Å². The van der Waals surface area contributed by atoms with Crippen LogP contribution in [0.1, 0.15) is 70.1 Å². The van der Waals surface area contributed by atoms with E-state index in [0.29, 0.717) is 13.1 Å². The molecular weight excluding hydrogens is 468 g/mol. The number of carbonyl (C=O) groups is 3. The summed E-state index contributed by atoms with van der Waals surface area (Å²) in [6, 6.07) is 14.1. The van der Waals surface area contributed by atoms with E-state index >= 15 is 0 Å². The monoisotopic (exact) mass is 510 g/mol. The number of hydrogen-bond acceptors (Lipinski definition) is 4. The predicted molar refractivity (Wildman–Crippen MR) is 144 cm³/mol. The molecule has 0 atom stereocenters. The fourth-order valence-corrected chi connectivity index (χ4v) is 4.84. The Bertz CT molecular complexity index is 985. The van der Waals surface area contributed by atoms with Crippen LogP contribution in [0.5, 0.6) is 0 Å². The first-order valence-corrected chi connectivity index (χ1v) is 13.7. The lowest BCUT2D eigenvalue weighted by molar-refractivity contribution is -0.141. The Morgan fingerprint density at radius 3 is 2.49 bits per heavy atom. The minimum Gasteiger partial charge on any atom is -0.465 e. The summed E-state index contributed by atoms with van der Waals surface area (Å²) in [5.41, 5.74) is 2.29. The van der Waals surface area contributed by atoms with Crippen molar-refractivity contribution in [3.8, 4) is 0 Å². The van der Waals surface area contributed by atoms with E-state index in [4.69, 9.17) is 4.74 Å². The molecule has 3 amide bonds. The van der Waals surface area contributed by atoms with Crippen molar-refractivity contribution in [1.82, 2.24) is 19.7 Å². The molecule has 0 unspecified atom stereocenters. The predicted octanol–water partition coefficient (Wildman–Crippen LogP) is 4.57. The zero-order chi connectivity index (χ0) is 26.5. The van der Waals surface area contributed by atoms with Gasteiger partial charge in [-0.2, -0.15) is 0 Å².